The number of halogens is 7. The first kappa shape index (κ1) is 22.5. The van der Waals surface area contributed by atoms with Crippen LogP contribution in [0.5, 0.6) is 5.75 Å². The topological polar surface area (TPSA) is 41.5 Å². The van der Waals surface area contributed by atoms with Gasteiger partial charge in [-0.1, -0.05) is 22.0 Å². The Labute approximate surface area is 165 Å². The van der Waals surface area contributed by atoms with E-state index in [1.165, 1.54) is 0 Å². The first-order valence-corrected chi connectivity index (χ1v) is 8.82. The SMILES string of the molecule is OCCNCc1cc(Br)ccc1OCc1ccc(F)c(C(F)(F)C(F)(F)F)c1. The first-order valence-electron chi connectivity index (χ1n) is 8.02. The molecule has 0 aromatic heterocycles. The van der Waals surface area contributed by atoms with Gasteiger partial charge in [0.2, 0.25) is 0 Å². The van der Waals surface area contributed by atoms with Crippen LogP contribution in [0.2, 0.25) is 0 Å². The van der Waals surface area contributed by atoms with E-state index >= 15 is 0 Å². The molecule has 2 N–H and O–H groups in total. The van der Waals surface area contributed by atoms with Crippen LogP contribution in [0.25, 0.3) is 0 Å². The Bertz CT molecular complexity index is 813. The molecule has 0 aliphatic carbocycles. The second-order valence-corrected chi connectivity index (χ2v) is 6.74. The molecule has 0 radical (unpaired) electrons. The van der Waals surface area contributed by atoms with Gasteiger partial charge in [0.25, 0.3) is 0 Å². The zero-order chi connectivity index (χ0) is 20.9. The van der Waals surface area contributed by atoms with E-state index in [4.69, 9.17) is 9.84 Å². The molecule has 0 saturated heterocycles. The van der Waals surface area contributed by atoms with Crippen molar-refractivity contribution in [3.63, 3.8) is 0 Å². The fraction of sp³-hybridized carbons (Fsp3) is 0.333. The van der Waals surface area contributed by atoms with Crippen molar-refractivity contribution in [1.29, 1.82) is 0 Å². The molecule has 0 bridgehead atoms. The molecule has 10 heteroatoms. The maximum Gasteiger partial charge on any atom is 0.458 e. The van der Waals surface area contributed by atoms with Crippen molar-refractivity contribution in [2.75, 3.05) is 13.2 Å². The molecular weight excluding hydrogens is 456 g/mol. The van der Waals surface area contributed by atoms with Crippen LogP contribution in [-0.4, -0.2) is 24.4 Å². The summed E-state index contributed by atoms with van der Waals surface area (Å²) in [6, 6.07) is 7.07. The predicted molar refractivity (Wildman–Crippen MR) is 93.6 cm³/mol. The largest absolute Gasteiger partial charge is 0.489 e. The second-order valence-electron chi connectivity index (χ2n) is 5.83. The van der Waals surface area contributed by atoms with Gasteiger partial charge < -0.3 is 15.2 Å². The van der Waals surface area contributed by atoms with Gasteiger partial charge >= 0.3 is 12.1 Å². The van der Waals surface area contributed by atoms with E-state index in [0.29, 0.717) is 36.5 Å². The van der Waals surface area contributed by atoms with Crippen molar-refractivity contribution in [1.82, 2.24) is 5.32 Å². The number of nitrogens with one attached hydrogen (secondary N) is 1. The molecule has 2 aromatic carbocycles. The van der Waals surface area contributed by atoms with Crippen LogP contribution in [0.1, 0.15) is 16.7 Å². The first-order chi connectivity index (χ1) is 13.1. The Kier molecular flexibility index (Phi) is 7.35. The minimum atomic E-state index is -5.91. The van der Waals surface area contributed by atoms with Gasteiger partial charge in [0.15, 0.2) is 0 Å². The fourth-order valence-electron chi connectivity index (χ4n) is 2.35. The molecule has 0 saturated carbocycles. The molecule has 0 aliphatic rings. The van der Waals surface area contributed by atoms with Gasteiger partial charge in [-0.3, -0.25) is 0 Å². The summed E-state index contributed by atoms with van der Waals surface area (Å²) in [6.45, 7) is 0.252. The fourth-order valence-corrected chi connectivity index (χ4v) is 2.75. The van der Waals surface area contributed by atoms with Crippen LogP contribution in [0.3, 0.4) is 0 Å². The van der Waals surface area contributed by atoms with Crippen LogP contribution in [0.15, 0.2) is 40.9 Å². The number of hydrogen-bond acceptors (Lipinski definition) is 3. The Morgan fingerprint density at radius 1 is 1.04 bits per heavy atom. The van der Waals surface area contributed by atoms with Crippen LogP contribution in [-0.2, 0) is 19.1 Å². The zero-order valence-corrected chi connectivity index (χ0v) is 15.9. The molecule has 0 heterocycles. The Balaban J connectivity index is 2.21. The molecule has 0 amide bonds. The highest BCUT2D eigenvalue weighted by molar-refractivity contribution is 9.10. The van der Waals surface area contributed by atoms with Gasteiger partial charge in [-0.15, -0.1) is 0 Å². The van der Waals surface area contributed by atoms with Gasteiger partial charge in [0, 0.05) is 23.1 Å². The molecule has 0 aliphatic heterocycles. The highest BCUT2D eigenvalue weighted by Gasteiger charge is 2.59. The van der Waals surface area contributed by atoms with E-state index in [2.05, 4.69) is 21.2 Å². The highest BCUT2D eigenvalue weighted by Crippen LogP contribution is 2.45. The summed E-state index contributed by atoms with van der Waals surface area (Å²) in [5.41, 5.74) is -1.12. The minimum Gasteiger partial charge on any atom is -0.489 e. The molecular formula is C18H16BrF6NO2. The lowest BCUT2D eigenvalue weighted by Gasteiger charge is -2.21. The third-order valence-electron chi connectivity index (χ3n) is 3.75. The van der Waals surface area contributed by atoms with Gasteiger partial charge in [-0.2, -0.15) is 22.0 Å². The summed E-state index contributed by atoms with van der Waals surface area (Å²) in [5.74, 6) is -6.60. The maximum atomic E-state index is 13.6. The molecule has 0 spiro atoms. The Morgan fingerprint density at radius 2 is 1.75 bits per heavy atom. The molecule has 0 atom stereocenters. The third-order valence-corrected chi connectivity index (χ3v) is 4.24. The van der Waals surface area contributed by atoms with E-state index in [-0.39, 0.29) is 18.8 Å². The van der Waals surface area contributed by atoms with Crippen LogP contribution in [0.4, 0.5) is 26.3 Å². The van der Waals surface area contributed by atoms with E-state index in [1.54, 1.807) is 18.2 Å². The summed E-state index contributed by atoms with van der Waals surface area (Å²) >= 11 is 3.29. The summed E-state index contributed by atoms with van der Waals surface area (Å²) in [7, 11) is 0. The number of aliphatic hydroxyl groups excluding tert-OH is 1. The Morgan fingerprint density at radius 3 is 2.39 bits per heavy atom. The second kappa shape index (κ2) is 9.15. The zero-order valence-electron chi connectivity index (χ0n) is 14.3. The van der Waals surface area contributed by atoms with Crippen LogP contribution in [0, 0.1) is 5.82 Å². The predicted octanol–water partition coefficient (Wildman–Crippen LogP) is 4.90. The number of aliphatic hydroxyl groups is 1. The smallest absolute Gasteiger partial charge is 0.458 e. The normalized spacial score (nSPS) is 12.3. The van der Waals surface area contributed by atoms with Gasteiger partial charge in [-0.25, -0.2) is 4.39 Å². The number of rotatable bonds is 8. The molecule has 2 rings (SSSR count). The summed E-state index contributed by atoms with van der Waals surface area (Å²) < 4.78 is 84.5. The molecule has 154 valence electrons. The summed E-state index contributed by atoms with van der Waals surface area (Å²) in [4.78, 5) is 0. The lowest BCUT2D eigenvalue weighted by Crippen LogP contribution is -2.34. The van der Waals surface area contributed by atoms with E-state index in [0.717, 1.165) is 10.5 Å². The highest BCUT2D eigenvalue weighted by atomic mass is 79.9. The average molecular weight is 472 g/mol. The van der Waals surface area contributed by atoms with Crippen LogP contribution >= 0.6 is 15.9 Å². The van der Waals surface area contributed by atoms with Gasteiger partial charge in [0.05, 0.1) is 12.2 Å². The van der Waals surface area contributed by atoms with Crippen LogP contribution < -0.4 is 10.1 Å². The maximum absolute atomic E-state index is 13.6. The molecule has 0 fully saturated rings. The van der Waals surface area contributed by atoms with Crippen molar-refractivity contribution in [3.8, 4) is 5.75 Å². The number of alkyl halides is 5. The average Bonchev–Trinajstić information content (AvgIpc) is 2.61. The van der Waals surface area contributed by atoms with Crippen molar-refractivity contribution in [3.05, 3.63) is 63.4 Å². The van der Waals surface area contributed by atoms with E-state index < -0.39 is 23.5 Å². The van der Waals surface area contributed by atoms with E-state index in [1.807, 2.05) is 0 Å². The van der Waals surface area contributed by atoms with Crippen molar-refractivity contribution < 1.29 is 36.2 Å². The lowest BCUT2D eigenvalue weighted by atomic mass is 10.0. The van der Waals surface area contributed by atoms with Gasteiger partial charge in [0.1, 0.15) is 18.2 Å². The molecule has 28 heavy (non-hydrogen) atoms. The van der Waals surface area contributed by atoms with Crippen molar-refractivity contribution in [2.45, 2.75) is 25.3 Å². The number of hydrogen-bond donors (Lipinski definition) is 2. The summed E-state index contributed by atoms with van der Waals surface area (Å²) in [5, 5.41) is 11.8. The molecule has 2 aromatic rings. The van der Waals surface area contributed by atoms with E-state index in [9.17, 15) is 26.3 Å². The minimum absolute atomic E-state index is 0.0440. The Hall–Kier alpha value is -1.78. The quantitative estimate of drug-likeness (QED) is 0.424. The molecule has 3 nitrogen and oxygen atoms in total. The van der Waals surface area contributed by atoms with Gasteiger partial charge in [-0.05, 0) is 35.9 Å². The van der Waals surface area contributed by atoms with Crippen molar-refractivity contribution in [2.24, 2.45) is 0 Å². The lowest BCUT2D eigenvalue weighted by molar-refractivity contribution is -0.290. The standard InChI is InChI=1S/C18H16BrF6NO2/c19-13-2-4-16(12(8-13)9-26-5-6-27)28-10-11-1-3-15(20)14(7-11)17(21,22)18(23,24)25/h1-4,7-8,26-27H,5-6,9-10H2. The third kappa shape index (κ3) is 5.39. The monoisotopic (exact) mass is 471 g/mol. The van der Waals surface area contributed by atoms with Crippen molar-refractivity contribution >= 4 is 15.9 Å². The number of benzene rings is 2. The summed E-state index contributed by atoms with van der Waals surface area (Å²) in [6.07, 6.45) is -5.91. The number of ether oxygens (including phenoxy) is 1. The molecule has 0 unspecified atom stereocenters.